The Morgan fingerprint density at radius 2 is 0.586 bits per heavy atom. The minimum atomic E-state index is -3.78. The number of ketones is 1. The third kappa shape index (κ3) is 19.5. The van der Waals surface area contributed by atoms with E-state index in [9.17, 15) is 21.6 Å². The molecule has 58 heavy (non-hydrogen) atoms. The van der Waals surface area contributed by atoms with Crippen molar-refractivity contribution in [2.45, 2.75) is 229 Å². The zero-order chi connectivity index (χ0) is 41.7. The van der Waals surface area contributed by atoms with E-state index in [1.807, 2.05) is 0 Å². The predicted octanol–water partition coefficient (Wildman–Crippen LogP) is 14.0. The van der Waals surface area contributed by atoms with Crippen molar-refractivity contribution in [3.05, 3.63) is 47.5 Å². The average molecular weight is 843 g/mol. The summed E-state index contributed by atoms with van der Waals surface area (Å²) in [5.41, 5.74) is 1.83. The maximum absolute atomic E-state index is 13.5. The zero-order valence-electron chi connectivity index (χ0n) is 36.9. The summed E-state index contributed by atoms with van der Waals surface area (Å²) >= 11 is 0. The molecule has 0 aliphatic heterocycles. The third-order valence-corrected chi connectivity index (χ3v) is 14.9. The van der Waals surface area contributed by atoms with E-state index < -0.39 is 20.0 Å². The van der Waals surface area contributed by atoms with Crippen LogP contribution in [0.2, 0.25) is 0 Å². The molecule has 0 spiro atoms. The summed E-state index contributed by atoms with van der Waals surface area (Å²) in [5, 5.41) is 0. The van der Waals surface area contributed by atoms with Gasteiger partial charge in [-0.3, -0.25) is 4.79 Å². The van der Waals surface area contributed by atoms with Crippen LogP contribution in [-0.2, 0) is 20.0 Å². The molecule has 0 saturated carbocycles. The number of nitrogens with one attached hydrogen (secondary N) is 2. The lowest BCUT2D eigenvalue weighted by atomic mass is 10.0. The third-order valence-electron chi connectivity index (χ3n) is 12.0. The number of unbranched alkanes of at least 4 members (excludes halogenated alkanes) is 30. The summed E-state index contributed by atoms with van der Waals surface area (Å²) < 4.78 is 58.0. The van der Waals surface area contributed by atoms with E-state index in [0.29, 0.717) is 24.2 Å². The van der Waals surface area contributed by atoms with E-state index in [0.717, 1.165) is 38.5 Å². The van der Waals surface area contributed by atoms with E-state index in [1.165, 1.54) is 191 Å². The van der Waals surface area contributed by atoms with Crippen LogP contribution in [0.5, 0.6) is 0 Å². The molecule has 2 N–H and O–H groups in total. The van der Waals surface area contributed by atoms with E-state index in [-0.39, 0.29) is 26.7 Å². The molecule has 330 valence electrons. The van der Waals surface area contributed by atoms with Crippen molar-refractivity contribution < 1.29 is 21.6 Å². The Morgan fingerprint density at radius 1 is 0.345 bits per heavy atom. The first-order chi connectivity index (χ1) is 28.2. The number of carbonyl (C=O) groups excluding carboxylic acids is 1. The van der Waals surface area contributed by atoms with Crippen molar-refractivity contribution >= 4 is 25.8 Å². The molecule has 0 heterocycles. The Labute approximate surface area is 356 Å². The summed E-state index contributed by atoms with van der Waals surface area (Å²) in [5.74, 6) is -0.352. The summed E-state index contributed by atoms with van der Waals surface area (Å²) in [6.07, 6.45) is 40.5. The SMILES string of the molecule is CCCCCCCCCCCCCCCCCCNS(=O)(=O)c1ccc2c(c1)C(=O)c1cc(S(=O)(=O)NCCCCCCCCCCCCCCCCCC)ccc1-2. The van der Waals surface area contributed by atoms with Crippen LogP contribution in [0.4, 0.5) is 0 Å². The maximum Gasteiger partial charge on any atom is 0.240 e. The van der Waals surface area contributed by atoms with Crippen molar-refractivity contribution in [3.8, 4) is 11.1 Å². The number of hydrogen-bond donors (Lipinski definition) is 2. The fraction of sp³-hybridized carbons (Fsp3) is 0.735. The lowest BCUT2D eigenvalue weighted by molar-refractivity contribution is 0.104. The van der Waals surface area contributed by atoms with Crippen LogP contribution in [0.25, 0.3) is 11.1 Å². The van der Waals surface area contributed by atoms with Gasteiger partial charge in [-0.2, -0.15) is 0 Å². The van der Waals surface area contributed by atoms with E-state index in [1.54, 1.807) is 12.1 Å². The Balaban J connectivity index is 1.27. The quantitative estimate of drug-likeness (QED) is 0.0558. The van der Waals surface area contributed by atoms with Gasteiger partial charge in [0, 0.05) is 24.2 Å². The van der Waals surface area contributed by atoms with Gasteiger partial charge in [0.25, 0.3) is 0 Å². The molecular formula is C49H82N2O5S2. The highest BCUT2D eigenvalue weighted by molar-refractivity contribution is 7.89. The number of sulfonamides is 2. The van der Waals surface area contributed by atoms with Gasteiger partial charge in [0.05, 0.1) is 9.79 Å². The number of hydrogen-bond acceptors (Lipinski definition) is 5. The Kier molecular flexibility index (Phi) is 26.0. The van der Waals surface area contributed by atoms with Crippen molar-refractivity contribution in [1.29, 1.82) is 0 Å². The second-order valence-electron chi connectivity index (χ2n) is 17.1. The molecule has 1 aliphatic rings. The topological polar surface area (TPSA) is 109 Å². The van der Waals surface area contributed by atoms with Gasteiger partial charge in [-0.1, -0.05) is 219 Å². The molecule has 0 radical (unpaired) electrons. The fourth-order valence-electron chi connectivity index (χ4n) is 8.30. The fourth-order valence-corrected chi connectivity index (χ4v) is 10.5. The normalized spacial score (nSPS) is 12.7. The zero-order valence-corrected chi connectivity index (χ0v) is 38.5. The summed E-state index contributed by atoms with van der Waals surface area (Å²) in [4.78, 5) is 13.6. The molecular weight excluding hydrogens is 761 g/mol. The maximum atomic E-state index is 13.5. The van der Waals surface area contributed by atoms with Gasteiger partial charge in [-0.15, -0.1) is 0 Å². The summed E-state index contributed by atoms with van der Waals surface area (Å²) in [6, 6.07) is 9.23. The first-order valence-electron chi connectivity index (χ1n) is 24.0. The molecule has 0 bridgehead atoms. The molecule has 2 aromatic carbocycles. The van der Waals surface area contributed by atoms with Crippen molar-refractivity contribution in [2.24, 2.45) is 0 Å². The van der Waals surface area contributed by atoms with Gasteiger partial charge < -0.3 is 0 Å². The molecule has 0 atom stereocenters. The largest absolute Gasteiger partial charge is 0.289 e. The van der Waals surface area contributed by atoms with Crippen LogP contribution in [0.1, 0.15) is 235 Å². The van der Waals surface area contributed by atoms with Crippen LogP contribution < -0.4 is 9.44 Å². The second kappa shape index (κ2) is 30.0. The van der Waals surface area contributed by atoms with Gasteiger partial charge in [0.2, 0.25) is 20.0 Å². The lowest BCUT2D eigenvalue weighted by Gasteiger charge is -2.09. The molecule has 7 nitrogen and oxygen atoms in total. The molecule has 2 aromatic rings. The van der Waals surface area contributed by atoms with E-state index in [4.69, 9.17) is 0 Å². The first-order valence-corrected chi connectivity index (χ1v) is 27.0. The Bertz CT molecular complexity index is 1520. The standard InChI is InChI=1S/C49H82N2O5S2/c1-3-5-7-9-11-13-15-17-19-21-23-25-27-29-31-33-39-50-57(53,54)43-35-37-45-46-38-36-44(42-48(46)49(52)47(45)41-43)58(55,56)51-40-34-32-30-28-26-24-22-20-18-16-14-12-10-8-6-4-2/h35-38,41-42,50-51H,3-34,39-40H2,1-2H3. The van der Waals surface area contributed by atoms with Crippen LogP contribution in [0, 0.1) is 0 Å². The number of benzene rings is 2. The highest BCUT2D eigenvalue weighted by atomic mass is 32.2. The van der Waals surface area contributed by atoms with E-state index >= 15 is 0 Å². The minimum Gasteiger partial charge on any atom is -0.289 e. The number of rotatable bonds is 38. The second-order valence-corrected chi connectivity index (χ2v) is 20.7. The van der Waals surface area contributed by atoms with Gasteiger partial charge >= 0.3 is 0 Å². The predicted molar refractivity (Wildman–Crippen MR) is 245 cm³/mol. The number of carbonyl (C=O) groups is 1. The van der Waals surface area contributed by atoms with Gasteiger partial charge in [0.1, 0.15) is 0 Å². The van der Waals surface area contributed by atoms with Gasteiger partial charge in [0.15, 0.2) is 5.78 Å². The molecule has 0 aromatic heterocycles. The van der Waals surface area contributed by atoms with Crippen LogP contribution >= 0.6 is 0 Å². The minimum absolute atomic E-state index is 0.0530. The molecule has 0 fully saturated rings. The molecule has 9 heteroatoms. The summed E-state index contributed by atoms with van der Waals surface area (Å²) in [6.45, 7) is 5.25. The average Bonchev–Trinajstić information content (AvgIpc) is 3.50. The van der Waals surface area contributed by atoms with Crippen LogP contribution in [0.15, 0.2) is 46.2 Å². The van der Waals surface area contributed by atoms with Gasteiger partial charge in [-0.25, -0.2) is 26.3 Å². The molecule has 0 unspecified atom stereocenters. The molecule has 0 amide bonds. The first kappa shape index (κ1) is 50.3. The van der Waals surface area contributed by atoms with Crippen molar-refractivity contribution in [2.75, 3.05) is 13.1 Å². The Hall–Kier alpha value is -2.07. The highest BCUT2D eigenvalue weighted by Gasteiger charge is 2.30. The number of fused-ring (bicyclic) bond motifs is 3. The highest BCUT2D eigenvalue weighted by Crippen LogP contribution is 2.38. The molecule has 3 rings (SSSR count). The van der Waals surface area contributed by atoms with Crippen molar-refractivity contribution in [1.82, 2.24) is 9.44 Å². The van der Waals surface area contributed by atoms with Gasteiger partial charge in [-0.05, 0) is 48.2 Å². The summed E-state index contributed by atoms with van der Waals surface area (Å²) in [7, 11) is -7.57. The van der Waals surface area contributed by atoms with Crippen LogP contribution in [-0.4, -0.2) is 35.7 Å². The molecule has 1 aliphatic carbocycles. The Morgan fingerprint density at radius 3 is 0.845 bits per heavy atom. The van der Waals surface area contributed by atoms with Crippen LogP contribution in [0.3, 0.4) is 0 Å². The lowest BCUT2D eigenvalue weighted by Crippen LogP contribution is -2.25. The smallest absolute Gasteiger partial charge is 0.240 e. The van der Waals surface area contributed by atoms with Crippen molar-refractivity contribution in [3.63, 3.8) is 0 Å². The van der Waals surface area contributed by atoms with E-state index in [2.05, 4.69) is 23.3 Å². The monoisotopic (exact) mass is 843 g/mol. The molecule has 0 saturated heterocycles.